The average molecular weight is 426 g/mol. The molecule has 2 aromatic carbocycles. The number of imide groups is 1. The molecule has 1 fully saturated rings. The molecule has 2 amide bonds. The van der Waals surface area contributed by atoms with E-state index in [-0.39, 0.29) is 30.7 Å². The van der Waals surface area contributed by atoms with Gasteiger partial charge < -0.3 is 5.11 Å². The van der Waals surface area contributed by atoms with Crippen LogP contribution in [0.15, 0.2) is 48.5 Å². The molecule has 0 spiro atoms. The number of carbonyl (C=O) groups is 3. The van der Waals surface area contributed by atoms with E-state index in [2.05, 4.69) is 15.9 Å². The molecular formula is C21H16BrNO4. The van der Waals surface area contributed by atoms with Gasteiger partial charge in [-0.3, -0.25) is 19.3 Å². The van der Waals surface area contributed by atoms with Crippen LogP contribution in [-0.2, 0) is 18.7 Å². The first kappa shape index (κ1) is 16.7. The van der Waals surface area contributed by atoms with Crippen LogP contribution in [0.1, 0.15) is 34.6 Å². The highest BCUT2D eigenvalue weighted by Crippen LogP contribution is 2.66. The minimum absolute atomic E-state index is 0.0809. The third-order valence-corrected chi connectivity index (χ3v) is 7.50. The van der Waals surface area contributed by atoms with Crippen LogP contribution < -0.4 is 0 Å². The maximum absolute atomic E-state index is 13.3. The number of halogens is 1. The van der Waals surface area contributed by atoms with Crippen LogP contribution in [-0.4, -0.2) is 34.3 Å². The first-order valence-corrected chi connectivity index (χ1v) is 9.70. The number of amides is 2. The van der Waals surface area contributed by atoms with E-state index in [1.54, 1.807) is 0 Å². The van der Waals surface area contributed by atoms with Gasteiger partial charge in [0.2, 0.25) is 11.8 Å². The first-order valence-electron chi connectivity index (χ1n) is 8.91. The summed E-state index contributed by atoms with van der Waals surface area (Å²) in [5, 5.41) is 9.00. The van der Waals surface area contributed by atoms with E-state index in [1.165, 1.54) is 0 Å². The summed E-state index contributed by atoms with van der Waals surface area (Å²) in [5.41, 5.74) is 4.18. The van der Waals surface area contributed by atoms with Gasteiger partial charge in [-0.1, -0.05) is 64.5 Å². The molecule has 0 unspecified atom stereocenters. The number of carboxylic acids is 1. The molecule has 0 radical (unpaired) electrons. The zero-order valence-corrected chi connectivity index (χ0v) is 15.8. The molecule has 6 heteroatoms. The number of nitrogens with zero attached hydrogens (tertiary/aromatic N) is 1. The van der Waals surface area contributed by atoms with Crippen molar-refractivity contribution in [3.63, 3.8) is 0 Å². The molecule has 1 aliphatic heterocycles. The second-order valence-corrected chi connectivity index (χ2v) is 8.59. The Morgan fingerprint density at radius 1 is 1.00 bits per heavy atom. The molecule has 2 aromatic rings. The predicted octanol–water partition coefficient (Wildman–Crippen LogP) is 2.86. The Morgan fingerprint density at radius 2 is 1.56 bits per heavy atom. The van der Waals surface area contributed by atoms with Crippen LogP contribution >= 0.6 is 15.9 Å². The summed E-state index contributed by atoms with van der Waals surface area (Å²) in [5.74, 6) is -2.81. The molecule has 27 heavy (non-hydrogen) atoms. The number of alkyl halides is 1. The van der Waals surface area contributed by atoms with Crippen LogP contribution in [0.3, 0.4) is 0 Å². The van der Waals surface area contributed by atoms with Gasteiger partial charge in [0, 0.05) is 12.5 Å². The summed E-state index contributed by atoms with van der Waals surface area (Å²) < 4.78 is -0.773. The number of carbonyl (C=O) groups excluding carboxylic acids is 2. The van der Waals surface area contributed by atoms with Gasteiger partial charge in [0.15, 0.2) is 0 Å². The highest BCUT2D eigenvalue weighted by molar-refractivity contribution is 9.09. The lowest BCUT2D eigenvalue weighted by Gasteiger charge is -2.51. The predicted molar refractivity (Wildman–Crippen MR) is 100 cm³/mol. The SMILES string of the molecule is O=C(O)CCN1C(=O)[C@@H]2[C@@H](C1=O)C1c3ccccc3C2(Br)c2ccccc21. The van der Waals surface area contributed by atoms with Crippen molar-refractivity contribution < 1.29 is 19.5 Å². The Balaban J connectivity index is 1.73. The number of rotatable bonds is 3. The second kappa shape index (κ2) is 5.52. The third-order valence-electron chi connectivity index (χ3n) is 6.15. The van der Waals surface area contributed by atoms with E-state index in [1.807, 2.05) is 48.5 Å². The van der Waals surface area contributed by atoms with Gasteiger partial charge in [-0.15, -0.1) is 0 Å². The molecule has 1 N–H and O–H groups in total. The van der Waals surface area contributed by atoms with Crippen LogP contribution in [0.5, 0.6) is 0 Å². The molecule has 1 heterocycles. The Bertz CT molecular complexity index is 969. The third kappa shape index (κ3) is 1.96. The Hall–Kier alpha value is -2.47. The van der Waals surface area contributed by atoms with E-state index in [0.29, 0.717) is 0 Å². The van der Waals surface area contributed by atoms with E-state index in [4.69, 9.17) is 5.11 Å². The molecule has 5 nitrogen and oxygen atoms in total. The molecule has 2 bridgehead atoms. The number of hydrogen-bond acceptors (Lipinski definition) is 3. The molecule has 3 aliphatic carbocycles. The lowest BCUT2D eigenvalue weighted by Crippen LogP contribution is -2.50. The Morgan fingerprint density at radius 3 is 2.11 bits per heavy atom. The minimum Gasteiger partial charge on any atom is -0.481 e. The summed E-state index contributed by atoms with van der Waals surface area (Å²) in [6.07, 6.45) is -0.239. The molecule has 136 valence electrons. The van der Waals surface area contributed by atoms with E-state index in [0.717, 1.165) is 27.2 Å². The van der Waals surface area contributed by atoms with Gasteiger partial charge in [-0.2, -0.15) is 0 Å². The van der Waals surface area contributed by atoms with Crippen LogP contribution in [0.4, 0.5) is 0 Å². The number of carboxylic acid groups (broad SMARTS) is 1. The number of aliphatic carboxylic acids is 1. The minimum atomic E-state index is -1.02. The summed E-state index contributed by atoms with van der Waals surface area (Å²) in [6.45, 7) is -0.0809. The molecule has 2 atom stereocenters. The van der Waals surface area contributed by atoms with Crippen molar-refractivity contribution in [2.75, 3.05) is 6.54 Å². The van der Waals surface area contributed by atoms with Gasteiger partial charge >= 0.3 is 5.97 Å². The maximum atomic E-state index is 13.3. The summed E-state index contributed by atoms with van der Waals surface area (Å²) in [7, 11) is 0. The Labute approximate surface area is 164 Å². The lowest BCUT2D eigenvalue weighted by atomic mass is 9.55. The van der Waals surface area contributed by atoms with Crippen molar-refractivity contribution in [1.29, 1.82) is 0 Å². The maximum Gasteiger partial charge on any atom is 0.305 e. The van der Waals surface area contributed by atoms with Crippen molar-refractivity contribution in [1.82, 2.24) is 4.90 Å². The van der Waals surface area contributed by atoms with E-state index < -0.39 is 22.1 Å². The zero-order chi connectivity index (χ0) is 18.9. The van der Waals surface area contributed by atoms with Crippen molar-refractivity contribution in [2.24, 2.45) is 11.8 Å². The second-order valence-electron chi connectivity index (χ2n) is 7.34. The van der Waals surface area contributed by atoms with Crippen LogP contribution in [0.25, 0.3) is 0 Å². The van der Waals surface area contributed by atoms with Crippen LogP contribution in [0, 0.1) is 11.8 Å². The van der Waals surface area contributed by atoms with E-state index >= 15 is 0 Å². The van der Waals surface area contributed by atoms with E-state index in [9.17, 15) is 14.4 Å². The standard InChI is InChI=1S/C21H16BrNO4/c22-21-13-7-3-1-5-11(13)16(12-6-2-4-8-14(12)21)17-18(21)20(27)23(19(17)26)10-9-15(24)25/h1-8,16-18H,9-10H2,(H,24,25)/t16?,17-,18-,21?/m0/s1. The van der Waals surface area contributed by atoms with Crippen LogP contribution in [0.2, 0.25) is 0 Å². The lowest BCUT2D eigenvalue weighted by molar-refractivity contribution is -0.142. The van der Waals surface area contributed by atoms with Gasteiger partial charge in [-0.05, 0) is 22.3 Å². The summed E-state index contributed by atoms with van der Waals surface area (Å²) in [4.78, 5) is 38.6. The highest BCUT2D eigenvalue weighted by Gasteiger charge is 2.67. The fourth-order valence-corrected chi connectivity index (χ4v) is 6.37. The smallest absolute Gasteiger partial charge is 0.305 e. The average Bonchev–Trinajstić information content (AvgIpc) is 2.92. The molecule has 6 rings (SSSR count). The number of benzene rings is 2. The van der Waals surface area contributed by atoms with Gasteiger partial charge in [0.25, 0.3) is 0 Å². The molecule has 1 saturated heterocycles. The van der Waals surface area contributed by atoms with Gasteiger partial charge in [-0.25, -0.2) is 0 Å². The molecule has 0 saturated carbocycles. The van der Waals surface area contributed by atoms with Gasteiger partial charge in [0.05, 0.1) is 22.6 Å². The van der Waals surface area contributed by atoms with Crippen molar-refractivity contribution in [3.05, 3.63) is 70.8 Å². The molecule has 0 aromatic heterocycles. The number of likely N-dealkylation sites (tertiary alicyclic amines) is 1. The quantitative estimate of drug-likeness (QED) is 0.605. The normalized spacial score (nSPS) is 30.1. The topological polar surface area (TPSA) is 74.7 Å². The molecular weight excluding hydrogens is 410 g/mol. The number of hydrogen-bond donors (Lipinski definition) is 1. The summed E-state index contributed by atoms with van der Waals surface area (Å²) in [6, 6.07) is 15.9. The largest absolute Gasteiger partial charge is 0.481 e. The summed E-state index contributed by atoms with van der Waals surface area (Å²) >= 11 is 3.90. The highest BCUT2D eigenvalue weighted by atomic mass is 79.9. The van der Waals surface area contributed by atoms with Gasteiger partial charge in [0.1, 0.15) is 0 Å². The fraction of sp³-hybridized carbons (Fsp3) is 0.286. The zero-order valence-electron chi connectivity index (χ0n) is 14.3. The Kier molecular flexibility index (Phi) is 3.41. The van der Waals surface area contributed by atoms with Crippen molar-refractivity contribution >= 4 is 33.7 Å². The fourth-order valence-electron chi connectivity index (χ4n) is 5.17. The monoisotopic (exact) mass is 425 g/mol. The first-order chi connectivity index (χ1) is 13.0. The van der Waals surface area contributed by atoms with Crippen molar-refractivity contribution in [2.45, 2.75) is 16.7 Å². The van der Waals surface area contributed by atoms with Crippen molar-refractivity contribution in [3.8, 4) is 0 Å². The molecule has 4 aliphatic rings.